The molecule has 88 valence electrons. The maximum absolute atomic E-state index is 3.87. The van der Waals surface area contributed by atoms with Crippen molar-refractivity contribution in [2.24, 2.45) is 5.92 Å². The third-order valence-corrected chi connectivity index (χ3v) is 5.77. The Bertz CT molecular complexity index is 181. The summed E-state index contributed by atoms with van der Waals surface area (Å²) in [4.78, 5) is 0. The third-order valence-electron chi connectivity index (χ3n) is 3.25. The molecule has 0 aliphatic carbocycles. The number of thioether (sulfide) groups is 2. The van der Waals surface area contributed by atoms with Gasteiger partial charge in [-0.05, 0) is 25.4 Å². The minimum Gasteiger partial charge on any atom is -0.316 e. The zero-order valence-corrected chi connectivity index (χ0v) is 11.1. The van der Waals surface area contributed by atoms with E-state index in [0.29, 0.717) is 0 Å². The monoisotopic (exact) mass is 246 g/mol. The highest BCUT2D eigenvalue weighted by atomic mass is 32.2. The van der Waals surface area contributed by atoms with E-state index < -0.39 is 0 Å². The molecule has 0 bridgehead atoms. The Hall–Kier alpha value is 0.620. The maximum atomic E-state index is 3.87. The lowest BCUT2D eigenvalue weighted by Crippen LogP contribution is -2.51. The molecule has 4 heteroatoms. The molecule has 2 nitrogen and oxygen atoms in total. The normalized spacial score (nSPS) is 35.0. The van der Waals surface area contributed by atoms with Gasteiger partial charge < -0.3 is 10.6 Å². The number of piperidine rings is 1. The lowest BCUT2D eigenvalue weighted by molar-refractivity contribution is 0.284. The van der Waals surface area contributed by atoms with E-state index in [2.05, 4.69) is 41.1 Å². The minimum absolute atomic E-state index is 0.744. The first kappa shape index (κ1) is 12.1. The summed E-state index contributed by atoms with van der Waals surface area (Å²) in [5.41, 5.74) is 0. The van der Waals surface area contributed by atoms with Gasteiger partial charge in [0, 0.05) is 35.1 Å². The highest BCUT2D eigenvalue weighted by Crippen LogP contribution is 2.19. The summed E-state index contributed by atoms with van der Waals surface area (Å²) in [5, 5.41) is 7.33. The molecule has 2 rings (SSSR count). The summed E-state index contributed by atoms with van der Waals surface area (Å²) in [7, 11) is 0. The van der Waals surface area contributed by atoms with E-state index in [1.807, 2.05) is 0 Å². The van der Waals surface area contributed by atoms with Crippen LogP contribution in [0.15, 0.2) is 0 Å². The number of hydrogen-bond donors (Lipinski definition) is 2. The van der Waals surface area contributed by atoms with Gasteiger partial charge in [0.1, 0.15) is 0 Å². The van der Waals surface area contributed by atoms with Crippen LogP contribution in [0, 0.1) is 5.92 Å². The SMILES string of the molecule is C[C@H]1CNCC[C@H]1NC1CSCCSC1. The van der Waals surface area contributed by atoms with Crippen molar-refractivity contribution >= 4 is 23.5 Å². The molecule has 2 saturated heterocycles. The quantitative estimate of drug-likeness (QED) is 0.770. The zero-order chi connectivity index (χ0) is 10.5. The van der Waals surface area contributed by atoms with Gasteiger partial charge in [-0.25, -0.2) is 0 Å². The van der Waals surface area contributed by atoms with E-state index in [1.54, 1.807) is 0 Å². The number of nitrogens with one attached hydrogen (secondary N) is 2. The molecule has 2 aliphatic heterocycles. The molecule has 0 amide bonds. The molecule has 0 spiro atoms. The Balaban J connectivity index is 1.78. The molecule has 15 heavy (non-hydrogen) atoms. The van der Waals surface area contributed by atoms with Gasteiger partial charge in [-0.15, -0.1) is 0 Å². The average Bonchev–Trinajstić information content (AvgIpc) is 2.50. The highest BCUT2D eigenvalue weighted by molar-refractivity contribution is 8.03. The molecular formula is C11H22N2S2. The first-order valence-electron chi connectivity index (χ1n) is 5.98. The molecule has 0 saturated carbocycles. The first-order chi connectivity index (χ1) is 7.36. The summed E-state index contributed by atoms with van der Waals surface area (Å²) in [6.07, 6.45) is 1.30. The van der Waals surface area contributed by atoms with Crippen molar-refractivity contribution in [3.8, 4) is 0 Å². The largest absolute Gasteiger partial charge is 0.316 e. The van der Waals surface area contributed by atoms with Crippen molar-refractivity contribution in [1.82, 2.24) is 10.6 Å². The Morgan fingerprint density at radius 3 is 2.60 bits per heavy atom. The second-order valence-electron chi connectivity index (χ2n) is 4.59. The van der Waals surface area contributed by atoms with E-state index in [4.69, 9.17) is 0 Å². The molecule has 0 unspecified atom stereocenters. The topological polar surface area (TPSA) is 24.1 Å². The molecule has 2 fully saturated rings. The maximum Gasteiger partial charge on any atom is 0.0251 e. The van der Waals surface area contributed by atoms with Crippen LogP contribution in [0.1, 0.15) is 13.3 Å². The molecule has 2 N–H and O–H groups in total. The Morgan fingerprint density at radius 1 is 1.20 bits per heavy atom. The Kier molecular flexibility index (Phi) is 5.14. The predicted octanol–water partition coefficient (Wildman–Crippen LogP) is 1.42. The molecule has 2 heterocycles. The fourth-order valence-electron chi connectivity index (χ4n) is 2.28. The molecule has 2 aliphatic rings. The van der Waals surface area contributed by atoms with E-state index in [9.17, 15) is 0 Å². The van der Waals surface area contributed by atoms with Crippen molar-refractivity contribution in [2.75, 3.05) is 36.1 Å². The molecule has 0 aromatic carbocycles. The van der Waals surface area contributed by atoms with Gasteiger partial charge in [-0.1, -0.05) is 6.92 Å². The lowest BCUT2D eigenvalue weighted by atomic mass is 9.95. The second kappa shape index (κ2) is 6.38. The summed E-state index contributed by atoms with van der Waals surface area (Å²) < 4.78 is 0. The molecule has 2 atom stereocenters. The van der Waals surface area contributed by atoms with Crippen LogP contribution in [0.3, 0.4) is 0 Å². The molecule has 0 aromatic heterocycles. The highest BCUT2D eigenvalue weighted by Gasteiger charge is 2.24. The van der Waals surface area contributed by atoms with Crippen molar-refractivity contribution in [1.29, 1.82) is 0 Å². The third kappa shape index (κ3) is 3.84. The van der Waals surface area contributed by atoms with Crippen molar-refractivity contribution in [3.05, 3.63) is 0 Å². The number of hydrogen-bond acceptors (Lipinski definition) is 4. The summed E-state index contributed by atoms with van der Waals surface area (Å²) >= 11 is 4.23. The number of rotatable bonds is 2. The zero-order valence-electron chi connectivity index (χ0n) is 9.50. The van der Waals surface area contributed by atoms with Crippen LogP contribution in [0.5, 0.6) is 0 Å². The van der Waals surface area contributed by atoms with Gasteiger partial charge in [-0.2, -0.15) is 23.5 Å². The summed E-state index contributed by atoms with van der Waals surface area (Å²) in [6.45, 7) is 4.74. The van der Waals surface area contributed by atoms with Gasteiger partial charge in [0.25, 0.3) is 0 Å². The molecule has 0 aromatic rings. The lowest BCUT2D eigenvalue weighted by Gasteiger charge is -2.33. The minimum atomic E-state index is 0.744. The smallest absolute Gasteiger partial charge is 0.0251 e. The van der Waals surface area contributed by atoms with Gasteiger partial charge in [0.05, 0.1) is 0 Å². The average molecular weight is 246 g/mol. The van der Waals surface area contributed by atoms with Crippen LogP contribution >= 0.6 is 23.5 Å². The van der Waals surface area contributed by atoms with Crippen LogP contribution < -0.4 is 10.6 Å². The van der Waals surface area contributed by atoms with Gasteiger partial charge in [0.2, 0.25) is 0 Å². The standard InChI is InChI=1S/C11H22N2S2/c1-9-6-12-3-2-11(9)13-10-7-14-4-5-15-8-10/h9-13H,2-8H2,1H3/t9-,11+/m0/s1. The van der Waals surface area contributed by atoms with E-state index in [0.717, 1.165) is 18.0 Å². The Morgan fingerprint density at radius 2 is 1.93 bits per heavy atom. The van der Waals surface area contributed by atoms with Crippen LogP contribution in [0.2, 0.25) is 0 Å². The van der Waals surface area contributed by atoms with E-state index in [1.165, 1.54) is 42.5 Å². The first-order valence-corrected chi connectivity index (χ1v) is 8.29. The molecule has 0 radical (unpaired) electrons. The van der Waals surface area contributed by atoms with Gasteiger partial charge >= 0.3 is 0 Å². The molecular weight excluding hydrogens is 224 g/mol. The van der Waals surface area contributed by atoms with Crippen LogP contribution in [0.25, 0.3) is 0 Å². The second-order valence-corrected chi connectivity index (χ2v) is 6.89. The van der Waals surface area contributed by atoms with Crippen LogP contribution in [0.4, 0.5) is 0 Å². The van der Waals surface area contributed by atoms with Crippen LogP contribution in [-0.4, -0.2) is 48.2 Å². The fraction of sp³-hybridized carbons (Fsp3) is 1.00. The van der Waals surface area contributed by atoms with Crippen molar-refractivity contribution in [2.45, 2.75) is 25.4 Å². The van der Waals surface area contributed by atoms with Gasteiger partial charge in [0.15, 0.2) is 0 Å². The predicted molar refractivity (Wildman–Crippen MR) is 72.0 cm³/mol. The van der Waals surface area contributed by atoms with Crippen LogP contribution in [-0.2, 0) is 0 Å². The van der Waals surface area contributed by atoms with E-state index >= 15 is 0 Å². The van der Waals surface area contributed by atoms with Crippen molar-refractivity contribution in [3.63, 3.8) is 0 Å². The van der Waals surface area contributed by atoms with E-state index in [-0.39, 0.29) is 0 Å². The fourth-order valence-corrected chi connectivity index (χ4v) is 4.70. The van der Waals surface area contributed by atoms with Gasteiger partial charge in [-0.3, -0.25) is 0 Å². The summed E-state index contributed by atoms with van der Waals surface area (Å²) in [6, 6.07) is 1.49. The van der Waals surface area contributed by atoms with Crippen molar-refractivity contribution < 1.29 is 0 Å². The summed E-state index contributed by atoms with van der Waals surface area (Å²) in [5.74, 6) is 6.08. The Labute approximate surface area is 102 Å².